The molecule has 28 heavy (non-hydrogen) atoms. The number of nitrogens with two attached hydrogens (primary N) is 1. The molecule has 0 saturated heterocycles. The monoisotopic (exact) mass is 375 g/mol. The molecule has 6 nitrogen and oxygen atoms in total. The van der Waals surface area contributed by atoms with Crippen LogP contribution < -0.4 is 15.8 Å². The Kier molecular flexibility index (Phi) is 6.36. The maximum absolute atomic E-state index is 12.2. The number of carbonyl (C=O) groups is 2. The number of aromatic nitrogens is 1. The van der Waals surface area contributed by atoms with Gasteiger partial charge < -0.3 is 15.8 Å². The maximum atomic E-state index is 12.2. The fourth-order valence-electron chi connectivity index (χ4n) is 2.66. The minimum absolute atomic E-state index is 0.292. The summed E-state index contributed by atoms with van der Waals surface area (Å²) in [6.07, 6.45) is 3.30. The highest BCUT2D eigenvalue weighted by molar-refractivity contribution is 5.97. The van der Waals surface area contributed by atoms with Gasteiger partial charge in [-0.2, -0.15) is 0 Å². The summed E-state index contributed by atoms with van der Waals surface area (Å²) in [6.45, 7) is 0.477. The molecule has 0 unspecified atom stereocenters. The van der Waals surface area contributed by atoms with E-state index in [2.05, 4.69) is 10.3 Å². The molecule has 1 atom stereocenters. The number of amides is 2. The molecular weight excluding hydrogens is 354 g/mol. The van der Waals surface area contributed by atoms with Crippen LogP contribution in [-0.2, 0) is 17.8 Å². The van der Waals surface area contributed by atoms with Crippen LogP contribution in [0.4, 0.5) is 0 Å². The number of primary amides is 1. The van der Waals surface area contributed by atoms with Crippen molar-refractivity contribution >= 4 is 11.8 Å². The Balaban J connectivity index is 1.59. The number of benzene rings is 2. The number of rotatable bonds is 8. The third kappa shape index (κ3) is 5.41. The molecule has 3 N–H and O–H groups in total. The summed E-state index contributed by atoms with van der Waals surface area (Å²) in [5.41, 5.74) is 7.78. The molecule has 2 amide bonds. The van der Waals surface area contributed by atoms with Gasteiger partial charge >= 0.3 is 0 Å². The second-order valence-corrected chi connectivity index (χ2v) is 6.29. The number of pyridine rings is 1. The smallest absolute Gasteiger partial charge is 0.253 e. The highest BCUT2D eigenvalue weighted by Gasteiger charge is 2.19. The molecule has 1 heterocycles. The minimum Gasteiger partial charge on any atom is -0.489 e. The Morgan fingerprint density at radius 2 is 1.71 bits per heavy atom. The highest BCUT2D eigenvalue weighted by atomic mass is 16.5. The van der Waals surface area contributed by atoms with Crippen molar-refractivity contribution < 1.29 is 14.3 Å². The van der Waals surface area contributed by atoms with Crippen molar-refractivity contribution in [3.8, 4) is 5.75 Å². The summed E-state index contributed by atoms with van der Waals surface area (Å²) in [7, 11) is 0. The average molecular weight is 375 g/mol. The van der Waals surface area contributed by atoms with E-state index in [1.54, 1.807) is 18.3 Å². The average Bonchev–Trinajstić information content (AvgIpc) is 2.74. The van der Waals surface area contributed by atoms with Crippen LogP contribution in [0, 0.1) is 0 Å². The zero-order valence-corrected chi connectivity index (χ0v) is 15.2. The van der Waals surface area contributed by atoms with Crippen LogP contribution in [-0.4, -0.2) is 22.8 Å². The molecule has 0 aliphatic heterocycles. The van der Waals surface area contributed by atoms with Crippen molar-refractivity contribution in [2.24, 2.45) is 5.73 Å². The first-order chi connectivity index (χ1) is 13.6. The SMILES string of the molecule is NC(=O)[C@@H](Cc1ccc(OCc2ccccc2)cc1)NC(=O)c1cccnc1. The molecule has 0 spiro atoms. The zero-order valence-electron chi connectivity index (χ0n) is 15.2. The van der Waals surface area contributed by atoms with Gasteiger partial charge in [0.15, 0.2) is 0 Å². The number of hydrogen-bond acceptors (Lipinski definition) is 4. The van der Waals surface area contributed by atoms with Gasteiger partial charge in [-0.25, -0.2) is 0 Å². The summed E-state index contributed by atoms with van der Waals surface area (Å²) in [5.74, 6) is -0.260. The molecule has 2 aromatic carbocycles. The molecule has 0 saturated carbocycles. The normalized spacial score (nSPS) is 11.4. The molecule has 0 bridgehead atoms. The van der Waals surface area contributed by atoms with E-state index in [1.165, 1.54) is 6.20 Å². The highest BCUT2D eigenvalue weighted by Crippen LogP contribution is 2.15. The van der Waals surface area contributed by atoms with Crippen LogP contribution in [0.2, 0.25) is 0 Å². The van der Waals surface area contributed by atoms with E-state index in [0.717, 1.165) is 16.9 Å². The van der Waals surface area contributed by atoms with Gasteiger partial charge in [-0.3, -0.25) is 14.6 Å². The van der Waals surface area contributed by atoms with Crippen molar-refractivity contribution in [1.82, 2.24) is 10.3 Å². The van der Waals surface area contributed by atoms with Gasteiger partial charge in [-0.1, -0.05) is 42.5 Å². The third-order valence-electron chi connectivity index (χ3n) is 4.18. The van der Waals surface area contributed by atoms with Crippen LogP contribution in [0.1, 0.15) is 21.5 Å². The molecular formula is C22H21N3O3. The Labute approximate surface area is 163 Å². The van der Waals surface area contributed by atoms with Gasteiger partial charge in [-0.15, -0.1) is 0 Å². The first-order valence-electron chi connectivity index (χ1n) is 8.87. The van der Waals surface area contributed by atoms with Gasteiger partial charge in [0, 0.05) is 18.8 Å². The molecule has 0 radical (unpaired) electrons. The topological polar surface area (TPSA) is 94.3 Å². The molecule has 1 aromatic heterocycles. The number of carbonyl (C=O) groups excluding carboxylic acids is 2. The molecule has 3 aromatic rings. The Morgan fingerprint density at radius 1 is 0.964 bits per heavy atom. The Morgan fingerprint density at radius 3 is 2.36 bits per heavy atom. The van der Waals surface area contributed by atoms with Crippen LogP contribution >= 0.6 is 0 Å². The quantitative estimate of drug-likeness (QED) is 0.632. The Hall–Kier alpha value is -3.67. The minimum atomic E-state index is -0.816. The predicted octanol–water partition coefficient (Wildman–Crippen LogP) is 2.49. The van der Waals surface area contributed by atoms with E-state index in [-0.39, 0.29) is 5.91 Å². The van der Waals surface area contributed by atoms with Crippen molar-refractivity contribution in [1.29, 1.82) is 0 Å². The molecule has 0 aliphatic rings. The van der Waals surface area contributed by atoms with E-state index in [0.29, 0.717) is 18.6 Å². The van der Waals surface area contributed by atoms with E-state index in [1.807, 2.05) is 54.6 Å². The fraction of sp³-hybridized carbons (Fsp3) is 0.136. The van der Waals surface area contributed by atoms with Crippen LogP contribution in [0.15, 0.2) is 79.1 Å². The third-order valence-corrected chi connectivity index (χ3v) is 4.18. The van der Waals surface area contributed by atoms with E-state index in [4.69, 9.17) is 10.5 Å². The standard InChI is InChI=1S/C22H21N3O3/c23-21(26)20(25-22(27)18-7-4-12-24-14-18)13-16-8-10-19(11-9-16)28-15-17-5-2-1-3-6-17/h1-12,14,20H,13,15H2,(H2,23,26)(H,25,27)/t20-/m1/s1. The van der Waals surface area contributed by atoms with Crippen molar-refractivity contribution in [2.75, 3.05) is 0 Å². The number of nitrogens with zero attached hydrogens (tertiary/aromatic N) is 1. The zero-order chi connectivity index (χ0) is 19.8. The first kappa shape index (κ1) is 19.1. The van der Waals surface area contributed by atoms with Gasteiger partial charge in [-0.05, 0) is 35.4 Å². The number of ether oxygens (including phenoxy) is 1. The summed E-state index contributed by atoms with van der Waals surface area (Å²) in [6, 6.07) is 19.7. The van der Waals surface area contributed by atoms with Crippen molar-refractivity contribution in [2.45, 2.75) is 19.1 Å². The fourth-order valence-corrected chi connectivity index (χ4v) is 2.66. The van der Waals surface area contributed by atoms with Crippen molar-refractivity contribution in [3.05, 3.63) is 95.8 Å². The first-order valence-corrected chi connectivity index (χ1v) is 8.87. The number of nitrogens with one attached hydrogen (secondary N) is 1. The lowest BCUT2D eigenvalue weighted by atomic mass is 10.0. The second kappa shape index (κ2) is 9.32. The van der Waals surface area contributed by atoms with Gasteiger partial charge in [0.05, 0.1) is 5.56 Å². The van der Waals surface area contributed by atoms with E-state index >= 15 is 0 Å². The summed E-state index contributed by atoms with van der Waals surface area (Å²) in [5, 5.41) is 2.66. The van der Waals surface area contributed by atoms with Crippen LogP contribution in [0.5, 0.6) is 5.75 Å². The molecule has 0 aliphatic carbocycles. The molecule has 3 rings (SSSR count). The summed E-state index contributed by atoms with van der Waals surface area (Å²) < 4.78 is 5.75. The summed E-state index contributed by atoms with van der Waals surface area (Å²) in [4.78, 5) is 27.9. The maximum Gasteiger partial charge on any atom is 0.253 e. The predicted molar refractivity (Wildman–Crippen MR) is 106 cm³/mol. The van der Waals surface area contributed by atoms with E-state index in [9.17, 15) is 9.59 Å². The lowest BCUT2D eigenvalue weighted by molar-refractivity contribution is -0.119. The van der Waals surface area contributed by atoms with Gasteiger partial charge in [0.25, 0.3) is 5.91 Å². The second-order valence-electron chi connectivity index (χ2n) is 6.29. The molecule has 6 heteroatoms. The van der Waals surface area contributed by atoms with Crippen LogP contribution in [0.3, 0.4) is 0 Å². The van der Waals surface area contributed by atoms with Gasteiger partial charge in [0.2, 0.25) is 5.91 Å². The summed E-state index contributed by atoms with van der Waals surface area (Å²) >= 11 is 0. The van der Waals surface area contributed by atoms with Gasteiger partial charge in [0.1, 0.15) is 18.4 Å². The lowest BCUT2D eigenvalue weighted by Crippen LogP contribution is -2.45. The Bertz CT molecular complexity index is 913. The lowest BCUT2D eigenvalue weighted by Gasteiger charge is -2.16. The number of hydrogen-bond donors (Lipinski definition) is 2. The van der Waals surface area contributed by atoms with Crippen molar-refractivity contribution in [3.63, 3.8) is 0 Å². The largest absolute Gasteiger partial charge is 0.489 e. The van der Waals surface area contributed by atoms with E-state index < -0.39 is 11.9 Å². The van der Waals surface area contributed by atoms with Crippen LogP contribution in [0.25, 0.3) is 0 Å². The molecule has 142 valence electrons. The molecule has 0 fully saturated rings.